The summed E-state index contributed by atoms with van der Waals surface area (Å²) in [6, 6.07) is 3.44. The fraction of sp³-hybridized carbons (Fsp3) is 0.667. The summed E-state index contributed by atoms with van der Waals surface area (Å²) >= 11 is 0. The lowest BCUT2D eigenvalue weighted by Gasteiger charge is -2.71. The van der Waals surface area contributed by atoms with E-state index in [4.69, 9.17) is 0 Å². The van der Waals surface area contributed by atoms with Gasteiger partial charge in [-0.3, -0.25) is 4.79 Å². The number of halogens is 2. The molecular formula is C33H43F2NO3. The molecule has 212 valence electrons. The number of carbonyl (C=O) groups is 1. The summed E-state index contributed by atoms with van der Waals surface area (Å²) in [6.07, 6.45) is 12.6. The second-order valence-electron chi connectivity index (χ2n) is 14.0. The van der Waals surface area contributed by atoms with Gasteiger partial charge in [0.1, 0.15) is 0 Å². The van der Waals surface area contributed by atoms with Crippen LogP contribution in [0, 0.1) is 45.1 Å². The van der Waals surface area contributed by atoms with Crippen molar-refractivity contribution in [2.75, 3.05) is 20.1 Å². The molecule has 2 bridgehead atoms. The second-order valence-corrected chi connectivity index (χ2v) is 14.0. The minimum Gasteiger partial charge on any atom is -0.393 e. The van der Waals surface area contributed by atoms with Gasteiger partial charge in [-0.25, -0.2) is 8.78 Å². The van der Waals surface area contributed by atoms with Crippen LogP contribution in [0.3, 0.4) is 0 Å². The summed E-state index contributed by atoms with van der Waals surface area (Å²) in [5.41, 5.74) is -1.63. The molecule has 2 N–H and O–H groups in total. The second kappa shape index (κ2) is 8.80. The van der Waals surface area contributed by atoms with Gasteiger partial charge >= 0.3 is 0 Å². The highest BCUT2D eigenvalue weighted by Gasteiger charge is 2.74. The van der Waals surface area contributed by atoms with Crippen molar-refractivity contribution in [3.05, 3.63) is 59.2 Å². The summed E-state index contributed by atoms with van der Waals surface area (Å²) in [7, 11) is 2.07. The Hall–Kier alpha value is -1.89. The number of nitrogens with zero attached hydrogens (tertiary/aromatic N) is 1. The fourth-order valence-corrected chi connectivity index (χ4v) is 10.3. The molecule has 6 aliphatic rings. The van der Waals surface area contributed by atoms with E-state index in [1.54, 1.807) is 0 Å². The van der Waals surface area contributed by atoms with E-state index in [2.05, 4.69) is 50.9 Å². The molecule has 6 aliphatic carbocycles. The topological polar surface area (TPSA) is 60.8 Å². The molecular weight excluding hydrogens is 496 g/mol. The molecule has 2 spiro atoms. The predicted molar refractivity (Wildman–Crippen MR) is 147 cm³/mol. The number of carbonyl (C=O) groups excluding carboxylic acids is 1. The zero-order valence-corrected chi connectivity index (χ0v) is 23.8. The Labute approximate surface area is 231 Å². The molecule has 0 saturated heterocycles. The van der Waals surface area contributed by atoms with Gasteiger partial charge in [0.2, 0.25) is 0 Å². The van der Waals surface area contributed by atoms with Gasteiger partial charge in [0.25, 0.3) is 0 Å². The molecule has 39 heavy (non-hydrogen) atoms. The first kappa shape index (κ1) is 27.3. The summed E-state index contributed by atoms with van der Waals surface area (Å²) in [4.78, 5) is 16.6. The first-order chi connectivity index (χ1) is 18.4. The van der Waals surface area contributed by atoms with Crippen LogP contribution in [0.1, 0.15) is 82.5 Å². The van der Waals surface area contributed by atoms with Crippen molar-refractivity contribution in [1.82, 2.24) is 4.90 Å². The number of aliphatic hydroxyl groups is 2. The number of fused-ring (bicyclic) bond motifs is 1. The zero-order valence-electron chi connectivity index (χ0n) is 23.8. The number of hydrogen-bond acceptors (Lipinski definition) is 4. The Morgan fingerprint density at radius 1 is 1.03 bits per heavy atom. The first-order valence-electron chi connectivity index (χ1n) is 14.9. The van der Waals surface area contributed by atoms with E-state index in [0.717, 1.165) is 57.2 Å². The van der Waals surface area contributed by atoms with E-state index in [-0.39, 0.29) is 28.6 Å². The maximum atomic E-state index is 14.4. The molecule has 1 aromatic carbocycles. The van der Waals surface area contributed by atoms with Crippen LogP contribution in [0.4, 0.5) is 8.78 Å². The van der Waals surface area contributed by atoms with Crippen LogP contribution in [-0.4, -0.2) is 52.7 Å². The summed E-state index contributed by atoms with van der Waals surface area (Å²) in [6.45, 7) is 8.23. The number of hydrogen-bond donors (Lipinski definition) is 2. The van der Waals surface area contributed by atoms with Gasteiger partial charge in [-0.2, -0.15) is 0 Å². The van der Waals surface area contributed by atoms with Gasteiger partial charge in [0, 0.05) is 33.9 Å². The normalized spacial score (nSPS) is 44.1. The minimum absolute atomic E-state index is 0.0440. The Kier molecular flexibility index (Phi) is 6.16. The van der Waals surface area contributed by atoms with E-state index in [9.17, 15) is 23.8 Å². The van der Waals surface area contributed by atoms with Crippen molar-refractivity contribution < 1.29 is 23.8 Å². The average molecular weight is 540 g/mol. The van der Waals surface area contributed by atoms with Crippen molar-refractivity contribution in [2.45, 2.75) is 83.8 Å². The molecule has 0 amide bonds. The van der Waals surface area contributed by atoms with Gasteiger partial charge in [-0.1, -0.05) is 39.0 Å². The third-order valence-electron chi connectivity index (χ3n) is 12.3. The number of aliphatic hydroxyl groups excluding tert-OH is 1. The molecule has 0 heterocycles. The van der Waals surface area contributed by atoms with Crippen LogP contribution < -0.4 is 0 Å². The number of likely N-dealkylation sites (N-methyl/N-ethyl adjacent to an activating group) is 1. The van der Waals surface area contributed by atoms with E-state index in [0.29, 0.717) is 25.0 Å². The van der Waals surface area contributed by atoms with Crippen LogP contribution in [-0.2, 0) is 0 Å². The molecule has 1 unspecified atom stereocenters. The predicted octanol–water partition coefficient (Wildman–Crippen LogP) is 6.08. The highest BCUT2D eigenvalue weighted by molar-refractivity contribution is 6.10. The number of Topliss-reactive ketones (excluding diaryl/α,β-unsaturated/α-hetero) is 1. The molecule has 4 nitrogen and oxygen atoms in total. The standard InChI is InChI=1S/C33H43F2NO3/c1-5-16-36(4)20-32(39)13-10-27-30(32,3)12-9-26-29(2)11-8-22(37)18-31(29)14-15-33(26,27)23(19-31)28(38)21-6-7-24(34)25(35)17-21/h6-7,14-15,17,19,22,26-27,37,39H,5,8-13,16,18,20H2,1-4H3/t22?,26-,27-,29-,30+,31+,32-,33-/m1/s1. The Morgan fingerprint density at radius 3 is 2.44 bits per heavy atom. The summed E-state index contributed by atoms with van der Waals surface area (Å²) in [5, 5.41) is 23.1. The number of ketones is 1. The molecule has 7 rings (SSSR count). The third kappa shape index (κ3) is 3.47. The van der Waals surface area contributed by atoms with Crippen LogP contribution >= 0.6 is 0 Å². The van der Waals surface area contributed by atoms with E-state index in [1.807, 2.05) is 0 Å². The molecule has 0 aromatic heterocycles. The van der Waals surface area contributed by atoms with Crippen molar-refractivity contribution in [1.29, 1.82) is 0 Å². The lowest BCUT2D eigenvalue weighted by Crippen LogP contribution is -2.67. The molecule has 3 fully saturated rings. The highest BCUT2D eigenvalue weighted by Crippen LogP contribution is 2.78. The van der Waals surface area contributed by atoms with Crippen molar-refractivity contribution >= 4 is 5.78 Å². The maximum absolute atomic E-state index is 14.4. The van der Waals surface area contributed by atoms with E-state index >= 15 is 0 Å². The monoisotopic (exact) mass is 539 g/mol. The lowest BCUT2D eigenvalue weighted by atomic mass is 9.32. The fourth-order valence-electron chi connectivity index (χ4n) is 10.3. The lowest BCUT2D eigenvalue weighted by molar-refractivity contribution is -0.175. The Morgan fingerprint density at radius 2 is 1.72 bits per heavy atom. The Balaban J connectivity index is 1.51. The summed E-state index contributed by atoms with van der Waals surface area (Å²) in [5.74, 6) is -2.03. The molecule has 0 radical (unpaired) electrons. The number of rotatable bonds is 6. The third-order valence-corrected chi connectivity index (χ3v) is 12.3. The highest BCUT2D eigenvalue weighted by atomic mass is 19.2. The average Bonchev–Trinajstić information content (AvgIpc) is 3.15. The first-order valence-corrected chi connectivity index (χ1v) is 14.9. The largest absolute Gasteiger partial charge is 0.393 e. The van der Waals surface area contributed by atoms with Crippen molar-refractivity contribution in [3.63, 3.8) is 0 Å². The number of benzene rings is 1. The Bertz CT molecular complexity index is 1260. The maximum Gasteiger partial charge on any atom is 0.189 e. The minimum atomic E-state index is -1.02. The van der Waals surface area contributed by atoms with Crippen molar-refractivity contribution in [2.24, 2.45) is 33.5 Å². The number of allylic oxidation sites excluding steroid dienone is 4. The van der Waals surface area contributed by atoms with Gasteiger partial charge in [-0.05, 0) is 100 Å². The molecule has 6 heteroatoms. The van der Waals surface area contributed by atoms with Crippen LogP contribution in [0.15, 0.2) is 42.0 Å². The molecule has 0 aliphatic heterocycles. The smallest absolute Gasteiger partial charge is 0.189 e. The molecule has 1 aromatic rings. The molecule has 8 atom stereocenters. The van der Waals surface area contributed by atoms with Crippen molar-refractivity contribution in [3.8, 4) is 0 Å². The SMILES string of the molecule is CCCN(C)C[C@]1(O)CC[C@H]2[C@]34C=C[C@@]5(C=C3C(=O)c3ccc(F)c(F)c3)CC(O)CC[C@]5(C)[C@H]4CC[C@@]21C. The quantitative estimate of drug-likeness (QED) is 0.340. The zero-order chi connectivity index (χ0) is 28.0. The van der Waals surface area contributed by atoms with Gasteiger partial charge < -0.3 is 15.1 Å². The van der Waals surface area contributed by atoms with Gasteiger partial charge in [0.15, 0.2) is 17.4 Å². The summed E-state index contributed by atoms with van der Waals surface area (Å²) < 4.78 is 28.2. The van der Waals surface area contributed by atoms with Crippen LogP contribution in [0.5, 0.6) is 0 Å². The van der Waals surface area contributed by atoms with Crippen LogP contribution in [0.25, 0.3) is 0 Å². The van der Waals surface area contributed by atoms with E-state index < -0.39 is 39.6 Å². The van der Waals surface area contributed by atoms with E-state index in [1.165, 1.54) is 6.07 Å². The van der Waals surface area contributed by atoms with Crippen LogP contribution in [0.2, 0.25) is 0 Å². The molecule has 3 saturated carbocycles. The van der Waals surface area contributed by atoms with Gasteiger partial charge in [0.05, 0.1) is 11.7 Å². The van der Waals surface area contributed by atoms with Gasteiger partial charge in [-0.15, -0.1) is 0 Å².